The Labute approximate surface area is 65.1 Å². The molecule has 0 aliphatic heterocycles. The average Bonchev–Trinajstić information content (AvgIpc) is 2.32. The molecule has 0 radical (unpaired) electrons. The van der Waals surface area contributed by atoms with Crippen LogP contribution in [0.3, 0.4) is 0 Å². The van der Waals surface area contributed by atoms with Crippen molar-refractivity contribution < 1.29 is 0 Å². The van der Waals surface area contributed by atoms with Crippen molar-refractivity contribution in [2.24, 2.45) is 9.98 Å². The molecule has 1 N–H and O–H groups in total. The molecule has 0 aromatic carbocycles. The summed E-state index contributed by atoms with van der Waals surface area (Å²) in [5.41, 5.74) is 0.806. The summed E-state index contributed by atoms with van der Waals surface area (Å²) in [7, 11) is 1.70. The van der Waals surface area contributed by atoms with Gasteiger partial charge in [-0.3, -0.25) is 4.99 Å². The van der Waals surface area contributed by atoms with Crippen molar-refractivity contribution in [3.05, 3.63) is 11.5 Å². The summed E-state index contributed by atoms with van der Waals surface area (Å²) in [5, 5.41) is 0. The van der Waals surface area contributed by atoms with E-state index in [-0.39, 0.29) is 0 Å². The second-order valence-electron chi connectivity index (χ2n) is 2.10. The van der Waals surface area contributed by atoms with Crippen molar-refractivity contribution in [3.8, 4) is 0 Å². The van der Waals surface area contributed by atoms with Crippen molar-refractivity contribution in [2.45, 2.75) is 6.92 Å². The van der Waals surface area contributed by atoms with E-state index in [1.54, 1.807) is 13.3 Å². The number of aromatic amines is 1. The zero-order valence-electron chi connectivity index (χ0n) is 6.63. The molecular weight excluding hydrogens is 140 g/mol. The summed E-state index contributed by atoms with van der Waals surface area (Å²) in [6.07, 6.45) is 1.67. The molecule has 0 spiro atoms. The third-order valence-electron chi connectivity index (χ3n) is 1.24. The number of hydrogen-bond donors (Lipinski definition) is 1. The minimum atomic E-state index is 0.605. The van der Waals surface area contributed by atoms with Gasteiger partial charge in [0.2, 0.25) is 0 Å². The lowest BCUT2D eigenvalue weighted by Gasteiger charge is -1.84. The molecule has 1 heterocycles. The molecule has 4 heteroatoms. The number of hydrogen-bond acceptors (Lipinski definition) is 3. The predicted molar refractivity (Wildman–Crippen MR) is 46.1 cm³/mol. The van der Waals surface area contributed by atoms with Crippen LogP contribution in [0.25, 0.3) is 0 Å². The molecule has 11 heavy (non-hydrogen) atoms. The summed E-state index contributed by atoms with van der Waals surface area (Å²) in [5.74, 6) is 1.43. The van der Waals surface area contributed by atoms with Gasteiger partial charge in [0.15, 0.2) is 5.82 Å². The third kappa shape index (κ3) is 1.52. The second kappa shape index (κ2) is 3.09. The van der Waals surface area contributed by atoms with Crippen LogP contribution >= 0.6 is 0 Å². The number of aromatic nitrogens is 2. The third-order valence-corrected chi connectivity index (χ3v) is 1.24. The Hall–Kier alpha value is -1.45. The molecule has 0 saturated heterocycles. The molecule has 0 aliphatic carbocycles. The maximum absolute atomic E-state index is 4.07. The highest BCUT2D eigenvalue weighted by atomic mass is 15.0. The van der Waals surface area contributed by atoms with Crippen LogP contribution in [0.1, 0.15) is 11.5 Å². The minimum absolute atomic E-state index is 0.605. The molecule has 1 aromatic rings. The van der Waals surface area contributed by atoms with Gasteiger partial charge in [0, 0.05) is 13.3 Å². The fraction of sp³-hybridized carbons (Fsp3) is 0.286. The number of H-pyrrole nitrogens is 1. The summed E-state index contributed by atoms with van der Waals surface area (Å²) < 4.78 is 0. The van der Waals surface area contributed by atoms with Crippen molar-refractivity contribution >= 4 is 18.7 Å². The first-order valence-electron chi connectivity index (χ1n) is 3.23. The van der Waals surface area contributed by atoms with Crippen LogP contribution in [0.4, 0.5) is 5.82 Å². The molecule has 58 valence electrons. The Balaban J connectivity index is 3.11. The molecule has 0 amide bonds. The highest BCUT2D eigenvalue weighted by Gasteiger charge is 2.01. The predicted octanol–water partition coefficient (Wildman–Crippen LogP) is 1.10. The molecule has 1 rings (SSSR count). The molecule has 4 nitrogen and oxygen atoms in total. The van der Waals surface area contributed by atoms with Crippen LogP contribution in [0, 0.1) is 6.92 Å². The fourth-order valence-electron chi connectivity index (χ4n) is 0.837. The summed E-state index contributed by atoms with van der Waals surface area (Å²) >= 11 is 0. The topological polar surface area (TPSA) is 53.4 Å². The number of rotatable bonds is 2. The molecule has 0 aliphatic rings. The molecule has 0 fully saturated rings. The molecular formula is C7H10N4. The van der Waals surface area contributed by atoms with Gasteiger partial charge in [0.05, 0.1) is 0 Å². The van der Waals surface area contributed by atoms with Crippen molar-refractivity contribution in [2.75, 3.05) is 7.05 Å². The summed E-state index contributed by atoms with van der Waals surface area (Å²) in [6.45, 7) is 5.26. The van der Waals surface area contributed by atoms with Gasteiger partial charge in [-0.15, -0.1) is 0 Å². The van der Waals surface area contributed by atoms with E-state index in [0.717, 1.165) is 11.5 Å². The zero-order chi connectivity index (χ0) is 8.27. The van der Waals surface area contributed by atoms with Crippen LogP contribution < -0.4 is 0 Å². The fourth-order valence-corrected chi connectivity index (χ4v) is 0.837. The largest absolute Gasteiger partial charge is 0.340 e. The Bertz CT molecular complexity index is 285. The van der Waals surface area contributed by atoms with Crippen molar-refractivity contribution in [3.63, 3.8) is 0 Å². The van der Waals surface area contributed by atoms with E-state index in [1.165, 1.54) is 0 Å². The Morgan fingerprint density at radius 1 is 1.64 bits per heavy atom. The molecule has 0 unspecified atom stereocenters. The molecule has 1 aromatic heterocycles. The Morgan fingerprint density at radius 3 is 2.91 bits per heavy atom. The minimum Gasteiger partial charge on any atom is -0.340 e. The number of nitrogens with one attached hydrogen (secondary N) is 1. The van der Waals surface area contributed by atoms with E-state index in [4.69, 9.17) is 0 Å². The van der Waals surface area contributed by atoms with Crippen LogP contribution in [0.5, 0.6) is 0 Å². The zero-order valence-corrected chi connectivity index (χ0v) is 6.63. The van der Waals surface area contributed by atoms with E-state index < -0.39 is 0 Å². The summed E-state index contributed by atoms with van der Waals surface area (Å²) in [6, 6.07) is 0. The lowest BCUT2D eigenvalue weighted by atomic mass is 10.5. The van der Waals surface area contributed by atoms with E-state index in [9.17, 15) is 0 Å². The van der Waals surface area contributed by atoms with E-state index in [2.05, 4.69) is 26.7 Å². The average molecular weight is 150 g/mol. The number of imidazole rings is 1. The normalized spacial score (nSPS) is 10.7. The van der Waals surface area contributed by atoms with Crippen LogP contribution in [0.15, 0.2) is 9.98 Å². The molecule has 0 saturated carbocycles. The Morgan fingerprint density at radius 2 is 2.36 bits per heavy atom. The van der Waals surface area contributed by atoms with Crippen LogP contribution in [-0.4, -0.2) is 29.9 Å². The maximum Gasteiger partial charge on any atom is 0.178 e. The van der Waals surface area contributed by atoms with Gasteiger partial charge in [0.1, 0.15) is 11.5 Å². The first-order valence-corrected chi connectivity index (χ1v) is 3.23. The van der Waals surface area contributed by atoms with Gasteiger partial charge in [-0.1, -0.05) is 0 Å². The quantitative estimate of drug-likeness (QED) is 0.630. The monoisotopic (exact) mass is 150 g/mol. The SMILES string of the molecule is C=Nc1nc(C)[nH]c1C=NC. The van der Waals surface area contributed by atoms with E-state index in [0.29, 0.717) is 5.82 Å². The smallest absolute Gasteiger partial charge is 0.178 e. The Kier molecular flexibility index (Phi) is 2.15. The lowest BCUT2D eigenvalue weighted by molar-refractivity contribution is 1.14. The number of aliphatic imine (C=N–C) groups is 2. The maximum atomic E-state index is 4.07. The molecule has 0 atom stereocenters. The van der Waals surface area contributed by atoms with Gasteiger partial charge < -0.3 is 4.98 Å². The first-order chi connectivity index (χ1) is 5.27. The number of nitrogens with zero attached hydrogens (tertiary/aromatic N) is 3. The summed E-state index contributed by atoms with van der Waals surface area (Å²) in [4.78, 5) is 14.6. The van der Waals surface area contributed by atoms with Gasteiger partial charge in [0.25, 0.3) is 0 Å². The number of aryl methyl sites for hydroxylation is 1. The van der Waals surface area contributed by atoms with E-state index >= 15 is 0 Å². The van der Waals surface area contributed by atoms with Crippen molar-refractivity contribution in [1.29, 1.82) is 0 Å². The van der Waals surface area contributed by atoms with Gasteiger partial charge in [-0.25, -0.2) is 9.98 Å². The van der Waals surface area contributed by atoms with Gasteiger partial charge >= 0.3 is 0 Å². The highest BCUT2D eigenvalue weighted by molar-refractivity contribution is 5.83. The van der Waals surface area contributed by atoms with Crippen LogP contribution in [0.2, 0.25) is 0 Å². The van der Waals surface area contributed by atoms with Crippen LogP contribution in [-0.2, 0) is 0 Å². The van der Waals surface area contributed by atoms with Gasteiger partial charge in [-0.05, 0) is 13.6 Å². The highest BCUT2D eigenvalue weighted by Crippen LogP contribution is 2.11. The molecule has 0 bridgehead atoms. The van der Waals surface area contributed by atoms with Crippen molar-refractivity contribution in [1.82, 2.24) is 9.97 Å². The van der Waals surface area contributed by atoms with Gasteiger partial charge in [-0.2, -0.15) is 0 Å². The first kappa shape index (κ1) is 7.65. The standard InChI is InChI=1S/C7H10N4/c1-5-10-6(4-8-2)7(9-3)11-5/h4H,3H2,1-2H3,(H,10,11). The van der Waals surface area contributed by atoms with E-state index in [1.807, 2.05) is 6.92 Å². The second-order valence-corrected chi connectivity index (χ2v) is 2.10. The lowest BCUT2D eigenvalue weighted by Crippen LogP contribution is -1.80.